The highest BCUT2D eigenvalue weighted by atomic mass is 127. The molecule has 0 aromatic heterocycles. The predicted octanol–water partition coefficient (Wildman–Crippen LogP) is 8.06. The monoisotopic (exact) mass is 520 g/mol. The molecule has 3 aromatic rings. The fraction of sp³-hybridized carbons (Fsp3) is 0.241. The van der Waals surface area contributed by atoms with Gasteiger partial charge in [-0.15, -0.1) is 0 Å². The third-order valence-electron chi connectivity index (χ3n) is 6.00. The van der Waals surface area contributed by atoms with Gasteiger partial charge in [-0.3, -0.25) is 0 Å². The minimum absolute atomic E-state index is 0.638. The molecule has 0 N–H and O–H groups in total. The average Bonchev–Trinajstić information content (AvgIpc) is 2.85. The summed E-state index contributed by atoms with van der Waals surface area (Å²) in [6.45, 7) is 0. The molecule has 1 aliphatic carbocycles. The molecule has 0 heterocycles. The number of hydrogen-bond donors (Lipinski definition) is 0. The molecule has 0 saturated carbocycles. The molecule has 1 unspecified atom stereocenters. The molecule has 0 saturated heterocycles. The van der Waals surface area contributed by atoms with Gasteiger partial charge in [-0.05, 0) is 31.3 Å². The highest BCUT2D eigenvalue weighted by Gasteiger charge is 2.39. The summed E-state index contributed by atoms with van der Waals surface area (Å²) in [7, 11) is 0. The molecule has 0 bridgehead atoms. The van der Waals surface area contributed by atoms with Crippen molar-refractivity contribution in [3.63, 3.8) is 0 Å². The van der Waals surface area contributed by atoms with Gasteiger partial charge in [-0.1, -0.05) is 126 Å². The van der Waals surface area contributed by atoms with Crippen LogP contribution >= 0.6 is 22.6 Å². The summed E-state index contributed by atoms with van der Waals surface area (Å²) in [5, 5.41) is 0. The Hall–Kier alpha value is -2.33. The fourth-order valence-corrected chi connectivity index (χ4v) is 4.96. The molecular weight excluding hydrogens is 491 g/mol. The van der Waals surface area contributed by atoms with Crippen LogP contribution in [0.25, 0.3) is 0 Å². The number of allylic oxidation sites excluding steroid dienone is 4. The molecular formula is C29H29IO. The van der Waals surface area contributed by atoms with Crippen molar-refractivity contribution < 1.29 is 4.74 Å². The predicted molar refractivity (Wildman–Crippen MR) is 138 cm³/mol. The quantitative estimate of drug-likeness (QED) is 0.0960. The highest BCUT2D eigenvalue weighted by Crippen LogP contribution is 2.43. The molecule has 4 rings (SSSR count). The maximum absolute atomic E-state index is 7.17. The van der Waals surface area contributed by atoms with Crippen LogP contribution in [-0.4, -0.2) is 4.43 Å². The fourth-order valence-electron chi connectivity index (χ4n) is 4.47. The lowest BCUT2D eigenvalue weighted by molar-refractivity contribution is 0.0600. The van der Waals surface area contributed by atoms with E-state index in [0.717, 1.165) is 39.7 Å². The van der Waals surface area contributed by atoms with Crippen LogP contribution < -0.4 is 0 Å². The molecule has 0 radical (unpaired) electrons. The Morgan fingerprint density at radius 2 is 1.32 bits per heavy atom. The van der Waals surface area contributed by atoms with Crippen LogP contribution in [0.4, 0.5) is 0 Å². The Morgan fingerprint density at radius 3 is 1.74 bits per heavy atom. The lowest BCUT2D eigenvalue weighted by Gasteiger charge is -2.38. The summed E-state index contributed by atoms with van der Waals surface area (Å²) in [5.41, 5.74) is 2.76. The van der Waals surface area contributed by atoms with Crippen molar-refractivity contribution in [2.24, 2.45) is 5.92 Å². The summed E-state index contributed by atoms with van der Waals surface area (Å²) < 4.78 is 8.11. The van der Waals surface area contributed by atoms with Crippen LogP contribution in [0.3, 0.4) is 0 Å². The van der Waals surface area contributed by atoms with Crippen LogP contribution in [0.15, 0.2) is 115 Å². The first kappa shape index (κ1) is 21.9. The maximum Gasteiger partial charge on any atom is 0.184 e. The van der Waals surface area contributed by atoms with Gasteiger partial charge in [-0.2, -0.15) is 0 Å². The zero-order valence-electron chi connectivity index (χ0n) is 17.8. The van der Waals surface area contributed by atoms with Crippen LogP contribution in [0.5, 0.6) is 0 Å². The summed E-state index contributed by atoms with van der Waals surface area (Å²) in [4.78, 5) is 0. The van der Waals surface area contributed by atoms with E-state index in [0.29, 0.717) is 5.92 Å². The van der Waals surface area contributed by atoms with Gasteiger partial charge in [0, 0.05) is 27.5 Å². The van der Waals surface area contributed by atoms with Crippen LogP contribution in [0, 0.1) is 5.92 Å². The highest BCUT2D eigenvalue weighted by molar-refractivity contribution is 14.1. The number of ether oxygens (including phenoxy) is 1. The first-order valence-corrected chi connectivity index (χ1v) is 12.6. The largest absolute Gasteiger partial charge is 0.478 e. The Balaban J connectivity index is 1.84. The second-order valence-corrected chi connectivity index (χ2v) is 8.94. The van der Waals surface area contributed by atoms with Crippen molar-refractivity contribution >= 4 is 22.6 Å². The molecule has 158 valence electrons. The van der Waals surface area contributed by atoms with E-state index in [2.05, 4.69) is 132 Å². The second kappa shape index (κ2) is 10.8. The Morgan fingerprint density at radius 1 is 0.806 bits per heavy atom. The van der Waals surface area contributed by atoms with Crippen LogP contribution in [0.1, 0.15) is 42.4 Å². The third-order valence-corrected chi connectivity index (χ3v) is 6.44. The average molecular weight is 520 g/mol. The van der Waals surface area contributed by atoms with E-state index in [1.165, 1.54) is 12.8 Å². The SMILES string of the molecule is ICC=C(CC1CC=CCC1)OC(c1ccccc1)(c1ccccc1)c1ccccc1. The third kappa shape index (κ3) is 5.12. The van der Waals surface area contributed by atoms with Gasteiger partial charge in [0.2, 0.25) is 0 Å². The zero-order chi connectivity index (χ0) is 21.4. The van der Waals surface area contributed by atoms with Gasteiger partial charge in [-0.25, -0.2) is 0 Å². The van der Waals surface area contributed by atoms with Crippen molar-refractivity contribution in [3.8, 4) is 0 Å². The van der Waals surface area contributed by atoms with E-state index in [9.17, 15) is 0 Å². The van der Waals surface area contributed by atoms with Gasteiger partial charge in [0.25, 0.3) is 0 Å². The van der Waals surface area contributed by atoms with Gasteiger partial charge in [0.15, 0.2) is 5.60 Å². The topological polar surface area (TPSA) is 9.23 Å². The Bertz CT molecular complexity index is 896. The van der Waals surface area contributed by atoms with E-state index < -0.39 is 5.60 Å². The van der Waals surface area contributed by atoms with E-state index in [-0.39, 0.29) is 0 Å². The summed E-state index contributed by atoms with van der Waals surface area (Å²) in [6, 6.07) is 31.9. The standard InChI is InChI=1S/C29H29IO/c30-22-21-28(23-24-13-5-1-6-14-24)31-29(25-15-7-2-8-16-25,26-17-9-3-10-18-26)27-19-11-4-12-20-27/h1-5,7-12,15-21,24H,6,13-14,22-23H2. The number of hydrogen-bond acceptors (Lipinski definition) is 1. The van der Waals surface area contributed by atoms with Crippen molar-refractivity contribution in [2.45, 2.75) is 31.3 Å². The molecule has 0 amide bonds. The minimum atomic E-state index is -0.689. The number of benzene rings is 3. The number of rotatable bonds is 8. The van der Waals surface area contributed by atoms with Gasteiger partial charge in [0.05, 0.1) is 5.76 Å². The molecule has 31 heavy (non-hydrogen) atoms. The van der Waals surface area contributed by atoms with Gasteiger partial charge in [0.1, 0.15) is 0 Å². The van der Waals surface area contributed by atoms with E-state index in [4.69, 9.17) is 4.74 Å². The minimum Gasteiger partial charge on any atom is -0.478 e. The molecule has 1 aliphatic rings. The van der Waals surface area contributed by atoms with E-state index in [1.807, 2.05) is 0 Å². The van der Waals surface area contributed by atoms with Crippen molar-refractivity contribution in [1.29, 1.82) is 0 Å². The lowest BCUT2D eigenvalue weighted by atomic mass is 9.79. The summed E-state index contributed by atoms with van der Waals surface area (Å²) in [6.07, 6.45) is 11.4. The first-order chi connectivity index (χ1) is 15.3. The van der Waals surface area contributed by atoms with Crippen molar-refractivity contribution in [1.82, 2.24) is 0 Å². The molecule has 1 nitrogen and oxygen atoms in total. The van der Waals surface area contributed by atoms with Crippen LogP contribution in [-0.2, 0) is 10.3 Å². The first-order valence-electron chi connectivity index (χ1n) is 11.1. The van der Waals surface area contributed by atoms with Gasteiger partial charge >= 0.3 is 0 Å². The summed E-state index contributed by atoms with van der Waals surface area (Å²) in [5.74, 6) is 1.73. The van der Waals surface area contributed by atoms with Crippen LogP contribution in [0.2, 0.25) is 0 Å². The zero-order valence-corrected chi connectivity index (χ0v) is 19.9. The lowest BCUT2D eigenvalue weighted by Crippen LogP contribution is -2.33. The maximum atomic E-state index is 7.17. The Kier molecular flexibility index (Phi) is 7.63. The van der Waals surface area contributed by atoms with E-state index >= 15 is 0 Å². The molecule has 2 heteroatoms. The van der Waals surface area contributed by atoms with E-state index in [1.54, 1.807) is 0 Å². The molecule has 0 fully saturated rings. The summed E-state index contributed by atoms with van der Waals surface area (Å²) >= 11 is 2.42. The number of alkyl halides is 1. The normalized spacial score (nSPS) is 16.8. The number of halogens is 1. The second-order valence-electron chi connectivity index (χ2n) is 8.06. The molecule has 3 aromatic carbocycles. The molecule has 0 aliphatic heterocycles. The van der Waals surface area contributed by atoms with Crippen molar-refractivity contribution in [3.05, 3.63) is 132 Å². The molecule has 0 spiro atoms. The smallest absolute Gasteiger partial charge is 0.184 e. The molecule has 1 atom stereocenters. The van der Waals surface area contributed by atoms with Crippen molar-refractivity contribution in [2.75, 3.05) is 4.43 Å². The van der Waals surface area contributed by atoms with Gasteiger partial charge < -0.3 is 4.74 Å². The Labute approximate surface area is 200 Å².